The second-order valence-electron chi connectivity index (χ2n) is 13.6. The standard InChI is InChI=1S/C44H67NO17/c1-37(62-49)35-60-34-33-59-32-31-58-30-29-56-26-23-53-20-17-50-14-6-12-45(13-16-52-19-22-55-25-28-57-27-24-54-21-18-51-15-11-43(46)47)44(48)61-36-42-40-9-4-2-7-38(40)39-8-3-5-10-41(39)42/h2-5,7-10,42,49H,1,6,11-36H2,(H,46,47). The van der Waals surface area contributed by atoms with Crippen LogP contribution in [0.5, 0.6) is 0 Å². The maximum atomic E-state index is 13.5. The van der Waals surface area contributed by atoms with Crippen LogP contribution < -0.4 is 0 Å². The van der Waals surface area contributed by atoms with Crippen molar-refractivity contribution in [1.29, 1.82) is 0 Å². The van der Waals surface area contributed by atoms with E-state index in [2.05, 4.69) is 35.7 Å². The number of hydrogen-bond acceptors (Lipinski definition) is 16. The largest absolute Gasteiger partial charge is 0.481 e. The van der Waals surface area contributed by atoms with Gasteiger partial charge < -0.3 is 71.7 Å². The molecule has 2 aromatic carbocycles. The van der Waals surface area contributed by atoms with E-state index in [0.717, 1.165) is 11.1 Å². The Morgan fingerprint density at radius 2 is 0.903 bits per heavy atom. The Morgan fingerprint density at radius 1 is 0.516 bits per heavy atom. The minimum Gasteiger partial charge on any atom is -0.481 e. The second kappa shape index (κ2) is 35.7. The van der Waals surface area contributed by atoms with Gasteiger partial charge in [-0.25, -0.2) is 10.1 Å². The fraction of sp³-hybridized carbons (Fsp3) is 0.636. The van der Waals surface area contributed by atoms with Gasteiger partial charge in [0.05, 0.1) is 139 Å². The molecular weight excluding hydrogens is 814 g/mol. The van der Waals surface area contributed by atoms with Crippen molar-refractivity contribution in [2.24, 2.45) is 0 Å². The first kappa shape index (κ1) is 52.6. The van der Waals surface area contributed by atoms with Gasteiger partial charge in [-0.15, -0.1) is 0 Å². The second-order valence-corrected chi connectivity index (χ2v) is 13.6. The summed E-state index contributed by atoms with van der Waals surface area (Å²) in [6, 6.07) is 16.5. The highest BCUT2D eigenvalue weighted by atomic mass is 17.1. The van der Waals surface area contributed by atoms with E-state index < -0.39 is 12.1 Å². The molecule has 0 atom stereocenters. The Kier molecular flexibility index (Phi) is 30.3. The lowest BCUT2D eigenvalue weighted by Gasteiger charge is -2.23. The predicted octanol–water partition coefficient (Wildman–Crippen LogP) is 4.29. The van der Waals surface area contributed by atoms with E-state index >= 15 is 0 Å². The van der Waals surface area contributed by atoms with Crippen molar-refractivity contribution in [2.45, 2.75) is 18.8 Å². The van der Waals surface area contributed by atoms with Crippen LogP contribution in [0.1, 0.15) is 29.9 Å². The van der Waals surface area contributed by atoms with Crippen molar-refractivity contribution in [1.82, 2.24) is 4.90 Å². The van der Waals surface area contributed by atoms with Crippen LogP contribution in [0.15, 0.2) is 60.9 Å². The zero-order valence-electron chi connectivity index (χ0n) is 36.0. The fourth-order valence-corrected chi connectivity index (χ4v) is 5.97. The van der Waals surface area contributed by atoms with Gasteiger partial charge in [-0.05, 0) is 28.7 Å². The van der Waals surface area contributed by atoms with Gasteiger partial charge in [0.25, 0.3) is 0 Å². The number of aliphatic carboxylic acids is 1. The first-order chi connectivity index (χ1) is 30.5. The molecule has 0 unspecified atom stereocenters. The van der Waals surface area contributed by atoms with E-state index in [1.54, 1.807) is 4.90 Å². The number of nitrogens with zero attached hydrogens (tertiary/aromatic N) is 1. The van der Waals surface area contributed by atoms with Crippen LogP contribution in [0.25, 0.3) is 11.1 Å². The van der Waals surface area contributed by atoms with Crippen LogP contribution in [0.2, 0.25) is 0 Å². The molecule has 0 saturated heterocycles. The molecular formula is C44H67NO17. The summed E-state index contributed by atoms with van der Waals surface area (Å²) in [4.78, 5) is 29.5. The van der Waals surface area contributed by atoms with Gasteiger partial charge in [0, 0.05) is 25.6 Å². The van der Waals surface area contributed by atoms with Crippen molar-refractivity contribution >= 4 is 12.1 Å². The van der Waals surface area contributed by atoms with Gasteiger partial charge in [0.2, 0.25) is 0 Å². The van der Waals surface area contributed by atoms with Crippen LogP contribution >= 0.6 is 0 Å². The molecule has 0 aliphatic heterocycles. The summed E-state index contributed by atoms with van der Waals surface area (Å²) < 4.78 is 66.3. The summed E-state index contributed by atoms with van der Waals surface area (Å²) in [7, 11) is 0. The molecule has 0 saturated carbocycles. The molecule has 0 aromatic heterocycles. The molecule has 1 amide bonds. The number of amides is 1. The van der Waals surface area contributed by atoms with Crippen molar-refractivity contribution < 1.29 is 81.7 Å². The van der Waals surface area contributed by atoms with E-state index in [-0.39, 0.29) is 37.9 Å². The lowest BCUT2D eigenvalue weighted by Crippen LogP contribution is -2.36. The van der Waals surface area contributed by atoms with E-state index in [1.165, 1.54) is 11.1 Å². The van der Waals surface area contributed by atoms with Crippen LogP contribution in [0, 0.1) is 0 Å². The third-order valence-corrected chi connectivity index (χ3v) is 9.02. The van der Waals surface area contributed by atoms with E-state index in [0.29, 0.717) is 152 Å². The predicted molar refractivity (Wildman–Crippen MR) is 225 cm³/mol. The molecule has 18 nitrogen and oxygen atoms in total. The highest BCUT2D eigenvalue weighted by Crippen LogP contribution is 2.44. The summed E-state index contributed by atoms with van der Waals surface area (Å²) in [5.74, 6) is -0.799. The molecule has 350 valence electrons. The zero-order chi connectivity index (χ0) is 44.1. The quantitative estimate of drug-likeness (QED) is 0.0414. The van der Waals surface area contributed by atoms with Gasteiger partial charge in [0.15, 0.2) is 5.76 Å². The maximum Gasteiger partial charge on any atom is 0.409 e. The minimum absolute atomic E-state index is 0.0262. The van der Waals surface area contributed by atoms with Crippen LogP contribution in [-0.4, -0.2) is 192 Å². The molecule has 0 radical (unpaired) electrons. The molecule has 2 N–H and O–H groups in total. The van der Waals surface area contributed by atoms with Crippen LogP contribution in [0.3, 0.4) is 0 Å². The van der Waals surface area contributed by atoms with Crippen molar-refractivity contribution in [2.75, 3.05) is 165 Å². The minimum atomic E-state index is -0.891. The highest BCUT2D eigenvalue weighted by Gasteiger charge is 2.29. The van der Waals surface area contributed by atoms with Gasteiger partial charge in [-0.3, -0.25) is 4.79 Å². The third-order valence-electron chi connectivity index (χ3n) is 9.02. The fourth-order valence-electron chi connectivity index (χ4n) is 5.97. The molecule has 18 heteroatoms. The Hall–Kier alpha value is -3.76. The maximum absolute atomic E-state index is 13.5. The Balaban J connectivity index is 1.23. The lowest BCUT2D eigenvalue weighted by molar-refractivity contribution is -0.210. The monoisotopic (exact) mass is 881 g/mol. The van der Waals surface area contributed by atoms with Gasteiger partial charge in [0.1, 0.15) is 13.2 Å². The van der Waals surface area contributed by atoms with Crippen LogP contribution in [-0.2, 0) is 66.5 Å². The van der Waals surface area contributed by atoms with Crippen molar-refractivity contribution in [3.8, 4) is 11.1 Å². The van der Waals surface area contributed by atoms with Gasteiger partial charge >= 0.3 is 12.1 Å². The molecule has 1 aliphatic carbocycles. The topological polar surface area (TPSA) is 198 Å². The lowest BCUT2D eigenvalue weighted by atomic mass is 9.98. The number of benzene rings is 2. The number of hydrogen-bond donors (Lipinski definition) is 2. The van der Waals surface area contributed by atoms with Gasteiger partial charge in [-0.1, -0.05) is 55.1 Å². The van der Waals surface area contributed by atoms with Crippen molar-refractivity contribution in [3.05, 3.63) is 72.0 Å². The van der Waals surface area contributed by atoms with E-state index in [9.17, 15) is 9.59 Å². The van der Waals surface area contributed by atoms with Crippen molar-refractivity contribution in [3.63, 3.8) is 0 Å². The Morgan fingerprint density at radius 3 is 1.34 bits per heavy atom. The number of rotatable bonds is 42. The summed E-state index contributed by atoms with van der Waals surface area (Å²) in [5, 5.41) is 17.0. The SMILES string of the molecule is C=C(COCCOCCOCCOCCOCCOCCCN(CCOCCOCCOCCOCCOCCC(=O)O)C(=O)OCC1c2ccccc2-c2ccccc21)OO. The first-order valence-electron chi connectivity index (χ1n) is 21.2. The Bertz CT molecular complexity index is 1420. The summed E-state index contributed by atoms with van der Waals surface area (Å²) >= 11 is 0. The third kappa shape index (κ3) is 24.2. The molecule has 0 fully saturated rings. The van der Waals surface area contributed by atoms with E-state index in [4.69, 9.17) is 67.2 Å². The molecule has 0 heterocycles. The average Bonchev–Trinajstić information content (AvgIpc) is 3.60. The summed E-state index contributed by atoms with van der Waals surface area (Å²) in [5.41, 5.74) is 4.64. The number of carbonyl (C=O) groups is 2. The number of carboxylic acids is 1. The molecule has 3 rings (SSSR count). The molecule has 0 bridgehead atoms. The highest BCUT2D eigenvalue weighted by molar-refractivity contribution is 5.79. The first-order valence-corrected chi connectivity index (χ1v) is 21.2. The van der Waals surface area contributed by atoms with Gasteiger partial charge in [-0.2, -0.15) is 0 Å². The normalized spacial score (nSPS) is 12.0. The number of carbonyl (C=O) groups excluding carboxylic acids is 1. The average molecular weight is 882 g/mol. The molecule has 0 spiro atoms. The molecule has 2 aromatic rings. The summed E-state index contributed by atoms with van der Waals surface area (Å²) in [6.45, 7) is 12.8. The van der Waals surface area contributed by atoms with Crippen LogP contribution in [0.4, 0.5) is 4.79 Å². The van der Waals surface area contributed by atoms with E-state index in [1.807, 2.05) is 24.3 Å². The molecule has 1 aliphatic rings. The smallest absolute Gasteiger partial charge is 0.409 e. The zero-order valence-corrected chi connectivity index (χ0v) is 36.0. The summed E-state index contributed by atoms with van der Waals surface area (Å²) in [6.07, 6.45) is 0.180. The number of carboxylic acid groups (broad SMARTS) is 1. The Labute approximate surface area is 365 Å². The molecule has 62 heavy (non-hydrogen) atoms. The number of ether oxygens (including phenoxy) is 12. The number of fused-ring (bicyclic) bond motifs is 3.